The van der Waals surface area contributed by atoms with Crippen molar-refractivity contribution in [2.45, 2.75) is 19.5 Å². The molecule has 0 unspecified atom stereocenters. The zero-order valence-corrected chi connectivity index (χ0v) is 14.7. The highest BCUT2D eigenvalue weighted by Crippen LogP contribution is 2.19. The van der Waals surface area contributed by atoms with Gasteiger partial charge in [-0.3, -0.25) is 14.2 Å². The second-order valence-electron chi connectivity index (χ2n) is 5.71. The summed E-state index contributed by atoms with van der Waals surface area (Å²) in [6, 6.07) is 5.48. The quantitative estimate of drug-likeness (QED) is 0.644. The summed E-state index contributed by atoms with van der Waals surface area (Å²) in [5.41, 5.74) is 1.20. The molecule has 8 nitrogen and oxygen atoms in total. The van der Waals surface area contributed by atoms with Crippen molar-refractivity contribution >= 4 is 29.2 Å². The molecule has 1 amide bonds. The maximum atomic E-state index is 13.1. The van der Waals surface area contributed by atoms with Gasteiger partial charge >= 0.3 is 5.97 Å². The highest BCUT2D eigenvalue weighted by atomic mass is 35.5. The zero-order chi connectivity index (χ0) is 19.4. The topological polar surface area (TPSA) is 102 Å². The van der Waals surface area contributed by atoms with Crippen molar-refractivity contribution in [1.29, 1.82) is 0 Å². The first-order valence-electron chi connectivity index (χ1n) is 7.93. The van der Waals surface area contributed by atoms with E-state index in [0.29, 0.717) is 22.8 Å². The molecule has 0 bridgehead atoms. The molecular weight excluding hydrogens is 377 g/mol. The average molecular weight is 392 g/mol. The monoisotopic (exact) mass is 391 g/mol. The fraction of sp³-hybridized carbons (Fsp3) is 0.176. The maximum Gasteiger partial charge on any atom is 0.354 e. The number of benzene rings is 1. The molecule has 0 aliphatic carbocycles. The molecule has 0 spiro atoms. The third kappa shape index (κ3) is 4.70. The molecule has 2 N–H and O–H groups in total. The fourth-order valence-electron chi connectivity index (χ4n) is 2.46. The van der Waals surface area contributed by atoms with E-state index in [4.69, 9.17) is 16.7 Å². The van der Waals surface area contributed by atoms with Gasteiger partial charge in [0.05, 0.1) is 25.0 Å². The zero-order valence-electron chi connectivity index (χ0n) is 14.0. The summed E-state index contributed by atoms with van der Waals surface area (Å²) in [6.45, 7) is 0.462. The predicted molar refractivity (Wildman–Crippen MR) is 95.2 cm³/mol. The normalized spacial score (nSPS) is 10.7. The lowest BCUT2D eigenvalue weighted by Crippen LogP contribution is -2.17. The molecule has 0 saturated heterocycles. The minimum atomic E-state index is -1.10. The van der Waals surface area contributed by atoms with E-state index < -0.39 is 11.8 Å². The number of rotatable bonds is 7. The number of aromatic carboxylic acids is 1. The number of carboxylic acids is 1. The van der Waals surface area contributed by atoms with E-state index >= 15 is 0 Å². The summed E-state index contributed by atoms with van der Waals surface area (Å²) >= 11 is 5.99. The Labute approximate surface area is 158 Å². The number of hydrogen-bond acceptors (Lipinski definition) is 4. The van der Waals surface area contributed by atoms with Crippen molar-refractivity contribution in [1.82, 2.24) is 19.6 Å². The van der Waals surface area contributed by atoms with E-state index in [-0.39, 0.29) is 24.6 Å². The van der Waals surface area contributed by atoms with Crippen molar-refractivity contribution in [2.24, 2.45) is 0 Å². The molecule has 3 rings (SSSR count). The van der Waals surface area contributed by atoms with E-state index in [1.54, 1.807) is 16.9 Å². The van der Waals surface area contributed by atoms with E-state index in [0.717, 1.165) is 0 Å². The summed E-state index contributed by atoms with van der Waals surface area (Å²) < 4.78 is 15.9. The third-order valence-electron chi connectivity index (χ3n) is 3.75. The number of anilines is 1. The minimum absolute atomic E-state index is 0.0202. The van der Waals surface area contributed by atoms with Gasteiger partial charge in [-0.05, 0) is 23.8 Å². The van der Waals surface area contributed by atoms with Crippen LogP contribution in [0.1, 0.15) is 22.5 Å². The first kappa shape index (κ1) is 18.6. The largest absolute Gasteiger partial charge is 0.477 e. The highest BCUT2D eigenvalue weighted by molar-refractivity contribution is 6.31. The van der Waals surface area contributed by atoms with Gasteiger partial charge in [0.2, 0.25) is 5.91 Å². The molecule has 1 aromatic carbocycles. The van der Waals surface area contributed by atoms with Gasteiger partial charge in [0, 0.05) is 23.8 Å². The first-order valence-corrected chi connectivity index (χ1v) is 8.31. The number of carbonyl (C=O) groups is 2. The molecule has 10 heteroatoms. The Hall–Kier alpha value is -3.20. The Bertz CT molecular complexity index is 985. The van der Waals surface area contributed by atoms with Crippen LogP contribution in [-0.4, -0.2) is 36.5 Å². The summed E-state index contributed by atoms with van der Waals surface area (Å²) in [5.74, 6) is -1.82. The second-order valence-corrected chi connectivity index (χ2v) is 6.11. The van der Waals surface area contributed by atoms with Gasteiger partial charge < -0.3 is 10.4 Å². The highest BCUT2D eigenvalue weighted by Gasteiger charge is 2.12. The molecule has 0 fully saturated rings. The number of amides is 1. The lowest BCUT2D eigenvalue weighted by atomic mass is 10.2. The van der Waals surface area contributed by atoms with Crippen LogP contribution in [0, 0.1) is 5.82 Å². The number of nitrogens with zero attached hydrogens (tertiary/aromatic N) is 4. The summed E-state index contributed by atoms with van der Waals surface area (Å²) in [4.78, 5) is 23.1. The Morgan fingerprint density at radius 2 is 2.07 bits per heavy atom. The average Bonchev–Trinajstić information content (AvgIpc) is 3.25. The van der Waals surface area contributed by atoms with Crippen LogP contribution in [0.4, 0.5) is 10.1 Å². The number of aryl methyl sites for hydroxylation is 1. The molecule has 140 valence electrons. The smallest absolute Gasteiger partial charge is 0.354 e. The van der Waals surface area contributed by atoms with Crippen LogP contribution in [0.2, 0.25) is 5.02 Å². The first-order chi connectivity index (χ1) is 12.9. The lowest BCUT2D eigenvalue weighted by molar-refractivity contribution is -0.116. The van der Waals surface area contributed by atoms with Gasteiger partial charge in [0.25, 0.3) is 0 Å². The van der Waals surface area contributed by atoms with Gasteiger partial charge in [-0.2, -0.15) is 10.2 Å². The van der Waals surface area contributed by atoms with Crippen molar-refractivity contribution in [3.63, 3.8) is 0 Å². The molecule has 2 heterocycles. The molecule has 3 aromatic rings. The summed E-state index contributed by atoms with van der Waals surface area (Å²) in [5, 5.41) is 20.0. The third-order valence-corrected chi connectivity index (χ3v) is 4.10. The van der Waals surface area contributed by atoms with Crippen LogP contribution < -0.4 is 5.32 Å². The van der Waals surface area contributed by atoms with E-state index in [2.05, 4.69) is 15.5 Å². The van der Waals surface area contributed by atoms with Crippen LogP contribution in [-0.2, 0) is 17.9 Å². The van der Waals surface area contributed by atoms with Gasteiger partial charge in [0.1, 0.15) is 11.5 Å². The second kappa shape index (κ2) is 8.00. The lowest BCUT2D eigenvalue weighted by Gasteiger charge is -2.05. The van der Waals surface area contributed by atoms with Crippen LogP contribution >= 0.6 is 11.6 Å². The Morgan fingerprint density at radius 3 is 2.81 bits per heavy atom. The number of carboxylic acid groups (broad SMARTS) is 1. The number of halogens is 2. The Morgan fingerprint density at radius 1 is 1.26 bits per heavy atom. The molecular formula is C17H15ClFN5O3. The van der Waals surface area contributed by atoms with Crippen molar-refractivity contribution in [2.75, 3.05) is 5.32 Å². The van der Waals surface area contributed by atoms with Crippen LogP contribution in [0.15, 0.2) is 42.9 Å². The molecule has 0 saturated carbocycles. The summed E-state index contributed by atoms with van der Waals surface area (Å²) in [7, 11) is 0. The Balaban J connectivity index is 1.56. The molecule has 0 radical (unpaired) electrons. The fourth-order valence-corrected chi connectivity index (χ4v) is 2.69. The molecule has 0 atom stereocenters. The van der Waals surface area contributed by atoms with E-state index in [1.165, 1.54) is 35.3 Å². The van der Waals surface area contributed by atoms with Gasteiger partial charge in [-0.15, -0.1) is 0 Å². The van der Waals surface area contributed by atoms with Gasteiger partial charge in [0.15, 0.2) is 0 Å². The van der Waals surface area contributed by atoms with E-state index in [9.17, 15) is 14.0 Å². The van der Waals surface area contributed by atoms with Crippen LogP contribution in [0.3, 0.4) is 0 Å². The number of aromatic nitrogens is 4. The summed E-state index contributed by atoms with van der Waals surface area (Å²) in [6.07, 6.45) is 4.52. The van der Waals surface area contributed by atoms with E-state index in [1.807, 2.05) is 0 Å². The van der Waals surface area contributed by atoms with Crippen molar-refractivity contribution in [3.8, 4) is 0 Å². The number of nitrogens with one attached hydrogen (secondary N) is 1. The predicted octanol–water partition coefficient (Wildman–Crippen LogP) is 2.65. The maximum absolute atomic E-state index is 13.1. The molecule has 0 aliphatic rings. The minimum Gasteiger partial charge on any atom is -0.477 e. The molecule has 0 aliphatic heterocycles. The van der Waals surface area contributed by atoms with Gasteiger partial charge in [-0.25, -0.2) is 9.18 Å². The standard InChI is InChI=1S/C17H15ClFN5O3/c18-14-7-12(19)2-1-11(14)9-23-10-13(8-21-23)22-16(25)4-6-24-15(17(26)27)3-5-20-24/h1-3,5,7-8,10H,4,6,9H2,(H,22,25)(H,26,27). The van der Waals surface area contributed by atoms with Gasteiger partial charge in [-0.1, -0.05) is 17.7 Å². The van der Waals surface area contributed by atoms with Crippen molar-refractivity contribution < 1.29 is 19.1 Å². The molecule has 2 aromatic heterocycles. The van der Waals surface area contributed by atoms with Crippen molar-refractivity contribution in [3.05, 3.63) is 65.0 Å². The van der Waals surface area contributed by atoms with Crippen LogP contribution in [0.25, 0.3) is 0 Å². The molecule has 27 heavy (non-hydrogen) atoms. The van der Waals surface area contributed by atoms with Crippen LogP contribution in [0.5, 0.6) is 0 Å². The number of carbonyl (C=O) groups excluding carboxylic acids is 1. The Kier molecular flexibility index (Phi) is 5.51. The number of hydrogen-bond donors (Lipinski definition) is 2. The SMILES string of the molecule is O=C(CCn1nccc1C(=O)O)Nc1cnn(Cc2ccc(F)cc2Cl)c1.